The Morgan fingerprint density at radius 3 is 2.65 bits per heavy atom. The van der Waals surface area contributed by atoms with Crippen LogP contribution in [0.25, 0.3) is 11.1 Å². The quantitative estimate of drug-likeness (QED) is 0.763. The van der Waals surface area contributed by atoms with E-state index in [0.29, 0.717) is 0 Å². The molecule has 0 atom stereocenters. The third-order valence-electron chi connectivity index (χ3n) is 2.65. The Morgan fingerprint density at radius 1 is 1.35 bits per heavy atom. The van der Waals surface area contributed by atoms with Crippen molar-refractivity contribution in [3.8, 4) is 0 Å². The third-order valence-corrected chi connectivity index (χ3v) is 2.65. The van der Waals surface area contributed by atoms with Crippen molar-refractivity contribution in [2.45, 2.75) is 39.8 Å². The summed E-state index contributed by atoms with van der Waals surface area (Å²) in [4.78, 5) is 39.9. The van der Waals surface area contributed by atoms with E-state index in [4.69, 9.17) is 14.0 Å². The van der Waals surface area contributed by atoms with Crippen molar-refractivity contribution in [1.82, 2.24) is 14.7 Å². The van der Waals surface area contributed by atoms with Gasteiger partial charge in [0, 0.05) is 0 Å². The van der Waals surface area contributed by atoms with Gasteiger partial charge in [-0.2, -0.15) is 0 Å². The molecule has 9 heteroatoms. The fourth-order valence-corrected chi connectivity index (χ4v) is 1.84. The van der Waals surface area contributed by atoms with E-state index < -0.39 is 23.1 Å². The van der Waals surface area contributed by atoms with E-state index in [-0.39, 0.29) is 29.9 Å². The Kier molecular flexibility index (Phi) is 4.48. The summed E-state index contributed by atoms with van der Waals surface area (Å²) in [6.45, 7) is 6.56. The van der Waals surface area contributed by atoms with Gasteiger partial charge in [0.1, 0.15) is 23.9 Å². The van der Waals surface area contributed by atoms with Gasteiger partial charge in [-0.25, -0.2) is 9.78 Å². The van der Waals surface area contributed by atoms with E-state index in [9.17, 15) is 14.4 Å². The van der Waals surface area contributed by atoms with Crippen molar-refractivity contribution in [2.75, 3.05) is 6.61 Å². The molecule has 0 spiro atoms. The Bertz CT molecular complexity index is 799. The molecule has 0 aliphatic rings. The number of aromatic nitrogens is 3. The topological polar surface area (TPSA) is 114 Å². The average molecular weight is 323 g/mol. The minimum atomic E-state index is -0.792. The number of nitrogens with zero attached hydrogens (tertiary/aromatic N) is 3. The van der Waals surface area contributed by atoms with Crippen LogP contribution in [0.2, 0.25) is 0 Å². The van der Waals surface area contributed by atoms with Crippen LogP contribution in [0.3, 0.4) is 0 Å². The smallest absolute Gasteiger partial charge is 0.361 e. The van der Waals surface area contributed by atoms with Crippen LogP contribution >= 0.6 is 0 Å². The van der Waals surface area contributed by atoms with Gasteiger partial charge in [-0.1, -0.05) is 5.16 Å². The lowest BCUT2D eigenvalue weighted by Gasteiger charge is -2.19. The normalized spacial score (nSPS) is 11.5. The SMILES string of the molecule is CCOC(=O)c1noc2ncn(CC(=O)OC(C)(C)C)c(=O)c12. The van der Waals surface area contributed by atoms with Gasteiger partial charge in [-0.05, 0) is 27.7 Å². The van der Waals surface area contributed by atoms with Crippen molar-refractivity contribution in [2.24, 2.45) is 0 Å². The number of hydrogen-bond donors (Lipinski definition) is 0. The monoisotopic (exact) mass is 323 g/mol. The maximum absolute atomic E-state index is 12.4. The van der Waals surface area contributed by atoms with Crippen LogP contribution in [0.5, 0.6) is 0 Å². The van der Waals surface area contributed by atoms with Gasteiger partial charge in [0.25, 0.3) is 11.3 Å². The number of fused-ring (bicyclic) bond motifs is 1. The first-order chi connectivity index (χ1) is 10.7. The van der Waals surface area contributed by atoms with Gasteiger partial charge < -0.3 is 14.0 Å². The summed E-state index contributed by atoms with van der Waals surface area (Å²) in [5, 5.41) is 3.38. The van der Waals surface area contributed by atoms with Gasteiger partial charge in [0.2, 0.25) is 5.69 Å². The lowest BCUT2D eigenvalue weighted by molar-refractivity contribution is -0.155. The first-order valence-corrected chi connectivity index (χ1v) is 6.96. The van der Waals surface area contributed by atoms with Crippen LogP contribution in [0.4, 0.5) is 0 Å². The molecule has 9 nitrogen and oxygen atoms in total. The Labute approximate surface area is 131 Å². The summed E-state index contributed by atoms with van der Waals surface area (Å²) in [7, 11) is 0. The first kappa shape index (κ1) is 16.7. The summed E-state index contributed by atoms with van der Waals surface area (Å²) in [6.07, 6.45) is 1.13. The molecule has 0 aliphatic carbocycles. The number of esters is 2. The second-order valence-corrected chi connectivity index (χ2v) is 5.70. The fraction of sp³-hybridized carbons (Fsp3) is 0.500. The molecule has 124 valence electrons. The van der Waals surface area contributed by atoms with E-state index >= 15 is 0 Å². The zero-order chi connectivity index (χ0) is 17.2. The molecule has 0 amide bonds. The Balaban J connectivity index is 2.38. The second kappa shape index (κ2) is 6.19. The number of ether oxygens (including phenoxy) is 2. The Morgan fingerprint density at radius 2 is 2.04 bits per heavy atom. The lowest BCUT2D eigenvalue weighted by atomic mass is 10.2. The fourth-order valence-electron chi connectivity index (χ4n) is 1.84. The molecule has 2 aromatic rings. The van der Waals surface area contributed by atoms with Crippen LogP contribution in [0.15, 0.2) is 15.6 Å². The first-order valence-electron chi connectivity index (χ1n) is 6.96. The van der Waals surface area contributed by atoms with Crippen molar-refractivity contribution in [3.05, 3.63) is 22.4 Å². The molecule has 0 unspecified atom stereocenters. The summed E-state index contributed by atoms with van der Waals surface area (Å²) in [5.41, 5.74) is -1.67. The molecule has 0 aliphatic heterocycles. The maximum atomic E-state index is 12.4. The molecule has 0 N–H and O–H groups in total. The predicted molar refractivity (Wildman–Crippen MR) is 77.9 cm³/mol. The minimum absolute atomic E-state index is 0.0986. The molecule has 2 aromatic heterocycles. The molecular formula is C14H17N3O6. The van der Waals surface area contributed by atoms with E-state index in [0.717, 1.165) is 10.9 Å². The summed E-state index contributed by atoms with van der Waals surface area (Å²) >= 11 is 0. The Hall–Kier alpha value is -2.71. The summed E-state index contributed by atoms with van der Waals surface area (Å²) in [6, 6.07) is 0. The maximum Gasteiger partial charge on any atom is 0.361 e. The molecule has 0 bridgehead atoms. The van der Waals surface area contributed by atoms with E-state index in [1.165, 1.54) is 0 Å². The molecule has 0 radical (unpaired) electrons. The van der Waals surface area contributed by atoms with Gasteiger partial charge in [-0.15, -0.1) is 0 Å². The van der Waals surface area contributed by atoms with Crippen LogP contribution in [0, 0.1) is 0 Å². The van der Waals surface area contributed by atoms with Crippen molar-refractivity contribution in [3.63, 3.8) is 0 Å². The van der Waals surface area contributed by atoms with Crippen molar-refractivity contribution < 1.29 is 23.6 Å². The van der Waals surface area contributed by atoms with Gasteiger partial charge in [0.05, 0.1) is 6.61 Å². The standard InChI is InChI=1S/C14H17N3O6/c1-5-21-13(20)10-9-11(23-16-10)15-7-17(12(9)19)6-8(18)22-14(2,3)4/h7H,5-6H2,1-4H3. The predicted octanol–water partition coefficient (Wildman–Crippen LogP) is 0.903. The molecule has 23 heavy (non-hydrogen) atoms. The van der Waals surface area contributed by atoms with Crippen molar-refractivity contribution in [1.29, 1.82) is 0 Å². The zero-order valence-corrected chi connectivity index (χ0v) is 13.3. The highest BCUT2D eigenvalue weighted by Crippen LogP contribution is 2.13. The van der Waals surface area contributed by atoms with E-state index in [2.05, 4.69) is 10.1 Å². The largest absolute Gasteiger partial charge is 0.461 e. The highest BCUT2D eigenvalue weighted by atomic mass is 16.6. The highest BCUT2D eigenvalue weighted by Gasteiger charge is 2.23. The minimum Gasteiger partial charge on any atom is -0.461 e. The molecule has 0 fully saturated rings. The molecule has 2 rings (SSSR count). The van der Waals surface area contributed by atoms with Crippen LogP contribution in [0.1, 0.15) is 38.2 Å². The van der Waals surface area contributed by atoms with Crippen LogP contribution in [-0.4, -0.2) is 38.9 Å². The number of carbonyl (C=O) groups is 2. The van der Waals surface area contributed by atoms with Crippen molar-refractivity contribution >= 4 is 23.0 Å². The summed E-state index contributed by atoms with van der Waals surface area (Å²) in [5.74, 6) is -1.39. The average Bonchev–Trinajstić information content (AvgIpc) is 2.85. The molecule has 0 saturated carbocycles. The van der Waals surface area contributed by atoms with Crippen LogP contribution in [-0.2, 0) is 20.8 Å². The second-order valence-electron chi connectivity index (χ2n) is 5.70. The molecule has 0 aromatic carbocycles. The molecular weight excluding hydrogens is 306 g/mol. The van der Waals surface area contributed by atoms with Gasteiger partial charge in [0.15, 0.2) is 0 Å². The third kappa shape index (κ3) is 3.74. The number of carbonyl (C=O) groups excluding carboxylic acids is 2. The van der Waals surface area contributed by atoms with Gasteiger partial charge in [-0.3, -0.25) is 14.2 Å². The molecule has 2 heterocycles. The van der Waals surface area contributed by atoms with Gasteiger partial charge >= 0.3 is 11.9 Å². The summed E-state index contributed by atoms with van der Waals surface area (Å²) < 4.78 is 15.8. The zero-order valence-electron chi connectivity index (χ0n) is 13.3. The van der Waals surface area contributed by atoms with Crippen LogP contribution < -0.4 is 5.56 Å². The number of hydrogen-bond acceptors (Lipinski definition) is 8. The van der Waals surface area contributed by atoms with E-state index in [1.807, 2.05) is 0 Å². The lowest BCUT2D eigenvalue weighted by Crippen LogP contribution is -2.31. The van der Waals surface area contributed by atoms with E-state index in [1.54, 1.807) is 27.7 Å². The number of rotatable bonds is 4. The molecule has 0 saturated heterocycles. The highest BCUT2D eigenvalue weighted by molar-refractivity contribution is 5.99.